The Morgan fingerprint density at radius 1 is 1.14 bits per heavy atom. The number of esters is 2. The second-order valence-corrected chi connectivity index (χ2v) is 4.36. The van der Waals surface area contributed by atoms with Crippen LogP contribution in [0.5, 0.6) is 0 Å². The molecule has 2 aromatic heterocycles. The lowest BCUT2D eigenvalue weighted by atomic mass is 10.2. The van der Waals surface area contributed by atoms with Gasteiger partial charge < -0.3 is 9.47 Å². The lowest BCUT2D eigenvalue weighted by Gasteiger charge is -2.07. The Balaban J connectivity index is 2.52. The number of carbonyl (C=O) groups excluding carboxylic acids is 2. The molecule has 0 aliphatic carbocycles. The lowest BCUT2D eigenvalue weighted by Crippen LogP contribution is -2.17. The Kier molecular flexibility index (Phi) is 5.05. The Bertz CT molecular complexity index is 684. The summed E-state index contributed by atoms with van der Waals surface area (Å²) >= 11 is 5.68. The summed E-state index contributed by atoms with van der Waals surface area (Å²) in [5.74, 6) is -1.15. The zero-order valence-electron chi connectivity index (χ0n) is 11.9. The number of carbonyl (C=O) groups is 2. The van der Waals surface area contributed by atoms with Gasteiger partial charge in [-0.2, -0.15) is 5.10 Å². The van der Waals surface area contributed by atoms with Crippen molar-refractivity contribution in [1.29, 1.82) is 0 Å². The minimum atomic E-state index is -0.709. The van der Waals surface area contributed by atoms with E-state index in [-0.39, 0.29) is 35.4 Å². The Labute approximate surface area is 131 Å². The van der Waals surface area contributed by atoms with E-state index >= 15 is 0 Å². The van der Waals surface area contributed by atoms with Crippen molar-refractivity contribution in [2.75, 3.05) is 13.2 Å². The molecule has 0 aliphatic rings. The first-order valence-corrected chi connectivity index (χ1v) is 6.88. The highest BCUT2D eigenvalue weighted by Crippen LogP contribution is 2.16. The highest BCUT2D eigenvalue weighted by molar-refractivity contribution is 6.29. The Hall–Kier alpha value is -2.48. The third kappa shape index (κ3) is 3.22. The van der Waals surface area contributed by atoms with Crippen LogP contribution in [0.3, 0.4) is 0 Å². The molecule has 0 aliphatic heterocycles. The van der Waals surface area contributed by atoms with Crippen molar-refractivity contribution in [3.63, 3.8) is 0 Å². The summed E-state index contributed by atoms with van der Waals surface area (Å²) in [4.78, 5) is 24.1. The third-order valence-corrected chi connectivity index (χ3v) is 2.77. The molecule has 0 amide bonds. The van der Waals surface area contributed by atoms with Crippen molar-refractivity contribution in [2.24, 2.45) is 0 Å². The van der Waals surface area contributed by atoms with E-state index < -0.39 is 11.9 Å². The number of nitrogens with zero attached hydrogens (tertiary/aromatic N) is 4. The maximum atomic E-state index is 12.1. The standard InChI is InChI=1S/C13H13ClN4O4/c1-3-21-12(19)8-7-15-18(11(8)13(20)22-4-2)10-6-5-9(14)16-17-10/h5-7H,3-4H2,1-2H3. The molecule has 0 unspecified atom stereocenters. The predicted molar refractivity (Wildman–Crippen MR) is 76.1 cm³/mol. The van der Waals surface area contributed by atoms with E-state index in [4.69, 9.17) is 21.1 Å². The molecule has 116 valence electrons. The number of aromatic nitrogens is 4. The van der Waals surface area contributed by atoms with Gasteiger partial charge in [-0.05, 0) is 26.0 Å². The molecule has 8 nitrogen and oxygen atoms in total. The van der Waals surface area contributed by atoms with Gasteiger partial charge in [0.1, 0.15) is 5.56 Å². The second-order valence-electron chi connectivity index (χ2n) is 3.97. The lowest BCUT2D eigenvalue weighted by molar-refractivity contribution is 0.0472. The van der Waals surface area contributed by atoms with Gasteiger partial charge >= 0.3 is 11.9 Å². The average molecular weight is 325 g/mol. The first-order valence-electron chi connectivity index (χ1n) is 6.50. The molecule has 0 N–H and O–H groups in total. The summed E-state index contributed by atoms with van der Waals surface area (Å²) in [5, 5.41) is 11.7. The normalized spacial score (nSPS) is 10.3. The number of hydrogen-bond donors (Lipinski definition) is 0. The van der Waals surface area contributed by atoms with Crippen LogP contribution in [0.15, 0.2) is 18.3 Å². The molecule has 0 bridgehead atoms. The summed E-state index contributed by atoms with van der Waals surface area (Å²) in [7, 11) is 0. The van der Waals surface area contributed by atoms with Crippen molar-refractivity contribution in [3.05, 3.63) is 34.7 Å². The SMILES string of the molecule is CCOC(=O)c1cnn(-c2ccc(Cl)nn2)c1C(=O)OCC. The van der Waals surface area contributed by atoms with Crippen LogP contribution in [0.2, 0.25) is 5.15 Å². The van der Waals surface area contributed by atoms with E-state index in [0.29, 0.717) is 0 Å². The number of hydrogen-bond acceptors (Lipinski definition) is 7. The highest BCUT2D eigenvalue weighted by Gasteiger charge is 2.26. The van der Waals surface area contributed by atoms with Gasteiger partial charge in [0.05, 0.1) is 19.4 Å². The van der Waals surface area contributed by atoms with E-state index in [1.807, 2.05) is 0 Å². The number of rotatable bonds is 5. The molecule has 0 fully saturated rings. The second kappa shape index (κ2) is 6.99. The fraction of sp³-hybridized carbons (Fsp3) is 0.308. The molecular formula is C13H13ClN4O4. The molecule has 2 aromatic rings. The molecule has 9 heteroatoms. The van der Waals surface area contributed by atoms with Crippen LogP contribution < -0.4 is 0 Å². The van der Waals surface area contributed by atoms with E-state index in [9.17, 15) is 9.59 Å². The molecule has 22 heavy (non-hydrogen) atoms. The molecule has 0 atom stereocenters. The summed E-state index contributed by atoms with van der Waals surface area (Å²) < 4.78 is 11.0. The van der Waals surface area contributed by atoms with Crippen LogP contribution in [0.25, 0.3) is 5.82 Å². The molecule has 0 spiro atoms. The molecular weight excluding hydrogens is 312 g/mol. The molecule has 2 rings (SSSR count). The third-order valence-electron chi connectivity index (χ3n) is 2.57. The van der Waals surface area contributed by atoms with Crippen LogP contribution in [0.1, 0.15) is 34.7 Å². The maximum Gasteiger partial charge on any atom is 0.358 e. The van der Waals surface area contributed by atoms with E-state index in [0.717, 1.165) is 4.68 Å². The molecule has 0 saturated heterocycles. The Morgan fingerprint density at radius 2 is 1.82 bits per heavy atom. The van der Waals surface area contributed by atoms with Crippen molar-refractivity contribution in [1.82, 2.24) is 20.0 Å². The maximum absolute atomic E-state index is 12.1. The quantitative estimate of drug-likeness (QED) is 0.772. The van der Waals surface area contributed by atoms with Gasteiger partial charge in [0.15, 0.2) is 16.7 Å². The van der Waals surface area contributed by atoms with E-state index in [2.05, 4.69) is 15.3 Å². The first kappa shape index (κ1) is 15.9. The smallest absolute Gasteiger partial charge is 0.358 e. The minimum Gasteiger partial charge on any atom is -0.462 e. The zero-order valence-corrected chi connectivity index (χ0v) is 12.7. The largest absolute Gasteiger partial charge is 0.462 e. The van der Waals surface area contributed by atoms with Crippen LogP contribution >= 0.6 is 11.6 Å². The topological polar surface area (TPSA) is 96.2 Å². The predicted octanol–water partition coefficient (Wildman–Crippen LogP) is 1.67. The van der Waals surface area contributed by atoms with E-state index in [1.54, 1.807) is 13.8 Å². The summed E-state index contributed by atoms with van der Waals surface area (Å²) in [6.45, 7) is 3.65. The van der Waals surface area contributed by atoms with Crippen LogP contribution in [-0.4, -0.2) is 45.1 Å². The number of halogens is 1. The van der Waals surface area contributed by atoms with Crippen molar-refractivity contribution in [3.8, 4) is 5.82 Å². The molecule has 2 heterocycles. The van der Waals surface area contributed by atoms with Crippen LogP contribution in [0.4, 0.5) is 0 Å². The van der Waals surface area contributed by atoms with Crippen molar-refractivity contribution < 1.29 is 19.1 Å². The van der Waals surface area contributed by atoms with Gasteiger partial charge in [-0.3, -0.25) is 0 Å². The summed E-state index contributed by atoms with van der Waals surface area (Å²) in [6, 6.07) is 3.00. The fourth-order valence-corrected chi connectivity index (χ4v) is 1.80. The summed E-state index contributed by atoms with van der Waals surface area (Å²) in [5.41, 5.74) is -0.0750. The van der Waals surface area contributed by atoms with Crippen molar-refractivity contribution in [2.45, 2.75) is 13.8 Å². The highest BCUT2D eigenvalue weighted by atomic mass is 35.5. The van der Waals surface area contributed by atoms with Gasteiger partial charge in [0.2, 0.25) is 0 Å². The van der Waals surface area contributed by atoms with Gasteiger partial charge in [-0.1, -0.05) is 11.6 Å². The first-order chi connectivity index (χ1) is 10.6. The molecule has 0 aromatic carbocycles. The number of ether oxygens (including phenoxy) is 2. The fourth-order valence-electron chi connectivity index (χ4n) is 1.70. The zero-order chi connectivity index (χ0) is 16.1. The Morgan fingerprint density at radius 3 is 2.41 bits per heavy atom. The molecule has 0 saturated carbocycles. The average Bonchev–Trinajstić information content (AvgIpc) is 2.93. The van der Waals surface area contributed by atoms with Gasteiger partial charge in [0.25, 0.3) is 0 Å². The van der Waals surface area contributed by atoms with Crippen molar-refractivity contribution >= 4 is 23.5 Å². The monoisotopic (exact) mass is 324 g/mol. The van der Waals surface area contributed by atoms with E-state index in [1.165, 1.54) is 18.3 Å². The van der Waals surface area contributed by atoms with Gasteiger partial charge in [0, 0.05) is 0 Å². The van der Waals surface area contributed by atoms with Crippen LogP contribution in [-0.2, 0) is 9.47 Å². The van der Waals surface area contributed by atoms with Gasteiger partial charge in [-0.25, -0.2) is 14.3 Å². The summed E-state index contributed by atoms with van der Waals surface area (Å²) in [6.07, 6.45) is 1.22. The minimum absolute atomic E-state index is 0.00273. The van der Waals surface area contributed by atoms with Gasteiger partial charge in [-0.15, -0.1) is 10.2 Å². The van der Waals surface area contributed by atoms with Crippen LogP contribution in [0, 0.1) is 0 Å². The molecule has 0 radical (unpaired) electrons.